The second-order valence-electron chi connectivity index (χ2n) is 4.61. The molecule has 0 amide bonds. The summed E-state index contributed by atoms with van der Waals surface area (Å²) in [7, 11) is 1.55. The molecule has 0 radical (unpaired) electrons. The Balaban J connectivity index is 2.42. The van der Waals surface area contributed by atoms with Crippen LogP contribution >= 0.6 is 12.2 Å². The molecule has 0 aliphatic rings. The monoisotopic (exact) mass is 303 g/mol. The number of nitrogens with two attached hydrogens (primary N) is 1. The molecule has 3 N–H and O–H groups in total. The summed E-state index contributed by atoms with van der Waals surface area (Å²) in [6.07, 6.45) is 0. The predicted molar refractivity (Wildman–Crippen MR) is 86.1 cm³/mol. The number of rotatable bonds is 5. The van der Waals surface area contributed by atoms with Gasteiger partial charge in [-0.25, -0.2) is 0 Å². The van der Waals surface area contributed by atoms with E-state index in [4.69, 9.17) is 32.5 Å². The Morgan fingerprint density at radius 3 is 2.52 bits per heavy atom. The first kappa shape index (κ1) is 15.3. The van der Waals surface area contributed by atoms with Crippen LogP contribution < -0.4 is 15.2 Å². The second kappa shape index (κ2) is 6.56. The van der Waals surface area contributed by atoms with Gasteiger partial charge in [0.15, 0.2) is 11.5 Å². The molecule has 0 aliphatic heterocycles. The summed E-state index contributed by atoms with van der Waals surface area (Å²) in [6, 6.07) is 10.9. The molecule has 21 heavy (non-hydrogen) atoms. The van der Waals surface area contributed by atoms with Crippen LogP contribution in [-0.2, 0) is 6.61 Å². The van der Waals surface area contributed by atoms with E-state index < -0.39 is 0 Å². The van der Waals surface area contributed by atoms with Crippen LogP contribution in [0.5, 0.6) is 17.2 Å². The quantitative estimate of drug-likeness (QED) is 0.832. The molecule has 4 nitrogen and oxygen atoms in total. The van der Waals surface area contributed by atoms with Gasteiger partial charge >= 0.3 is 0 Å². The van der Waals surface area contributed by atoms with Crippen LogP contribution in [-0.4, -0.2) is 17.2 Å². The van der Waals surface area contributed by atoms with E-state index in [2.05, 4.69) is 0 Å². The second-order valence-corrected chi connectivity index (χ2v) is 5.05. The van der Waals surface area contributed by atoms with Crippen LogP contribution in [0.4, 0.5) is 0 Å². The highest BCUT2D eigenvalue weighted by molar-refractivity contribution is 7.80. The number of hydrogen-bond donors (Lipinski definition) is 2. The summed E-state index contributed by atoms with van der Waals surface area (Å²) in [5, 5.41) is 9.16. The highest BCUT2D eigenvalue weighted by atomic mass is 32.1. The normalized spacial score (nSPS) is 10.2. The van der Waals surface area contributed by atoms with Crippen molar-refractivity contribution < 1.29 is 14.6 Å². The minimum absolute atomic E-state index is 0.0563. The molecule has 0 fully saturated rings. The Labute approximate surface area is 129 Å². The highest BCUT2D eigenvalue weighted by Gasteiger charge is 2.12. The van der Waals surface area contributed by atoms with E-state index >= 15 is 0 Å². The van der Waals surface area contributed by atoms with Crippen molar-refractivity contribution in [1.82, 2.24) is 0 Å². The summed E-state index contributed by atoms with van der Waals surface area (Å²) < 4.78 is 11.2. The van der Waals surface area contributed by atoms with Gasteiger partial charge in [-0.1, -0.05) is 24.4 Å². The first-order chi connectivity index (χ1) is 10.0. The van der Waals surface area contributed by atoms with Crippen LogP contribution in [0.1, 0.15) is 16.7 Å². The SMILES string of the molecule is COc1cc(CO)ccc1Oc1cc(C)ccc1C(N)=S. The first-order valence-corrected chi connectivity index (χ1v) is 6.82. The molecule has 0 unspecified atom stereocenters. The zero-order valence-electron chi connectivity index (χ0n) is 11.9. The van der Waals surface area contributed by atoms with Crippen molar-refractivity contribution in [3.63, 3.8) is 0 Å². The lowest BCUT2D eigenvalue weighted by atomic mass is 10.1. The van der Waals surface area contributed by atoms with Crippen molar-refractivity contribution in [2.24, 2.45) is 5.73 Å². The largest absolute Gasteiger partial charge is 0.493 e. The summed E-state index contributed by atoms with van der Waals surface area (Å²) in [6.45, 7) is 1.90. The molecule has 0 bridgehead atoms. The Bertz CT molecular complexity index is 671. The smallest absolute Gasteiger partial charge is 0.169 e. The fourth-order valence-corrected chi connectivity index (χ4v) is 2.10. The summed E-state index contributed by atoms with van der Waals surface area (Å²) in [5.74, 6) is 1.66. The van der Waals surface area contributed by atoms with Crippen LogP contribution in [0.2, 0.25) is 0 Å². The van der Waals surface area contributed by atoms with E-state index in [1.165, 1.54) is 0 Å². The fourth-order valence-electron chi connectivity index (χ4n) is 1.93. The molecular weight excluding hydrogens is 286 g/mol. The van der Waals surface area contributed by atoms with Crippen LogP contribution in [0.25, 0.3) is 0 Å². The van der Waals surface area contributed by atoms with Crippen molar-refractivity contribution in [1.29, 1.82) is 0 Å². The first-order valence-electron chi connectivity index (χ1n) is 6.41. The maximum Gasteiger partial charge on any atom is 0.169 e. The highest BCUT2D eigenvalue weighted by Crippen LogP contribution is 2.34. The molecule has 0 spiro atoms. The molecule has 0 aliphatic carbocycles. The molecule has 2 aromatic rings. The van der Waals surface area contributed by atoms with E-state index in [9.17, 15) is 0 Å². The predicted octanol–water partition coefficient (Wildman–Crippen LogP) is 2.92. The maximum atomic E-state index is 9.16. The minimum Gasteiger partial charge on any atom is -0.493 e. The molecule has 0 atom stereocenters. The fraction of sp³-hybridized carbons (Fsp3) is 0.188. The van der Waals surface area contributed by atoms with Crippen molar-refractivity contribution in [3.8, 4) is 17.2 Å². The molecule has 5 heteroatoms. The average molecular weight is 303 g/mol. The van der Waals surface area contributed by atoms with E-state index in [-0.39, 0.29) is 11.6 Å². The van der Waals surface area contributed by atoms with Crippen LogP contribution in [0.3, 0.4) is 0 Å². The topological polar surface area (TPSA) is 64.7 Å². The third-order valence-corrected chi connectivity index (χ3v) is 3.25. The van der Waals surface area contributed by atoms with E-state index in [1.54, 1.807) is 25.3 Å². The lowest BCUT2D eigenvalue weighted by Crippen LogP contribution is -2.11. The molecule has 2 aromatic carbocycles. The van der Waals surface area contributed by atoms with E-state index in [1.807, 2.05) is 25.1 Å². The zero-order valence-corrected chi connectivity index (χ0v) is 12.7. The Morgan fingerprint density at radius 1 is 1.14 bits per heavy atom. The van der Waals surface area contributed by atoms with Crippen molar-refractivity contribution >= 4 is 17.2 Å². The number of aryl methyl sites for hydroxylation is 1. The van der Waals surface area contributed by atoms with Crippen molar-refractivity contribution in [2.75, 3.05) is 7.11 Å². The average Bonchev–Trinajstić information content (AvgIpc) is 2.47. The number of methoxy groups -OCH3 is 1. The van der Waals surface area contributed by atoms with Gasteiger partial charge < -0.3 is 20.3 Å². The molecule has 0 aromatic heterocycles. The van der Waals surface area contributed by atoms with E-state index in [0.29, 0.717) is 22.8 Å². The van der Waals surface area contributed by atoms with Gasteiger partial charge in [0.1, 0.15) is 10.7 Å². The third-order valence-electron chi connectivity index (χ3n) is 3.03. The number of aliphatic hydroxyl groups excluding tert-OH is 1. The van der Waals surface area contributed by atoms with Gasteiger partial charge in [0.2, 0.25) is 0 Å². The molecule has 0 saturated carbocycles. The van der Waals surface area contributed by atoms with Crippen molar-refractivity contribution in [3.05, 3.63) is 53.1 Å². The lowest BCUT2D eigenvalue weighted by Gasteiger charge is -2.14. The van der Waals surface area contributed by atoms with Crippen molar-refractivity contribution in [2.45, 2.75) is 13.5 Å². The molecular formula is C16H17NO3S. The molecule has 0 saturated heterocycles. The third kappa shape index (κ3) is 3.51. The lowest BCUT2D eigenvalue weighted by molar-refractivity contribution is 0.280. The van der Waals surface area contributed by atoms with Gasteiger partial charge in [-0.05, 0) is 42.3 Å². The Hall–Kier alpha value is -2.11. The molecule has 0 heterocycles. The van der Waals surface area contributed by atoms with E-state index in [0.717, 1.165) is 11.1 Å². The Kier molecular flexibility index (Phi) is 4.77. The van der Waals surface area contributed by atoms with Crippen LogP contribution in [0.15, 0.2) is 36.4 Å². The van der Waals surface area contributed by atoms with Gasteiger partial charge in [0.05, 0.1) is 19.3 Å². The van der Waals surface area contributed by atoms with Gasteiger partial charge in [-0.3, -0.25) is 0 Å². The number of ether oxygens (including phenoxy) is 2. The van der Waals surface area contributed by atoms with Crippen LogP contribution in [0, 0.1) is 6.92 Å². The van der Waals surface area contributed by atoms with Gasteiger partial charge in [-0.15, -0.1) is 0 Å². The maximum absolute atomic E-state index is 9.16. The Morgan fingerprint density at radius 2 is 1.90 bits per heavy atom. The van der Waals surface area contributed by atoms with Gasteiger partial charge in [0, 0.05) is 0 Å². The number of benzene rings is 2. The number of hydrogen-bond acceptors (Lipinski definition) is 4. The van der Waals surface area contributed by atoms with Gasteiger partial charge in [0.25, 0.3) is 0 Å². The molecule has 110 valence electrons. The van der Waals surface area contributed by atoms with Gasteiger partial charge in [-0.2, -0.15) is 0 Å². The number of aliphatic hydroxyl groups is 1. The summed E-state index contributed by atoms with van der Waals surface area (Å²) in [5.41, 5.74) is 8.18. The number of thiocarbonyl (C=S) groups is 1. The summed E-state index contributed by atoms with van der Waals surface area (Å²) in [4.78, 5) is 0.274. The minimum atomic E-state index is -0.0563. The standard InChI is InChI=1S/C16H17NO3S/c1-10-3-5-12(16(17)21)14(7-10)20-13-6-4-11(9-18)8-15(13)19-2/h3-8,18H,9H2,1-2H3,(H2,17,21). The summed E-state index contributed by atoms with van der Waals surface area (Å²) >= 11 is 5.04. The molecule has 2 rings (SSSR count). The zero-order chi connectivity index (χ0) is 15.4.